The summed E-state index contributed by atoms with van der Waals surface area (Å²) >= 11 is -0.401. The molecule has 0 unspecified atom stereocenters. The highest BCUT2D eigenvalue weighted by Crippen LogP contribution is 2.40. The molecule has 2 rings (SSSR count). The van der Waals surface area contributed by atoms with Crippen LogP contribution in [0.3, 0.4) is 0 Å². The maximum absolute atomic E-state index is 12.2. The summed E-state index contributed by atoms with van der Waals surface area (Å²) in [5.41, 5.74) is -4.70. The number of rotatable bonds is 1. The standard InChI is InChI=1S/C9H4F3NO2S/c10-9(11,12)16-5-3-1-2-4-6(5)8(15)13-7(4)14/h1-3H,(H,13,14,15). The third kappa shape index (κ3) is 1.90. The number of nitrogens with one attached hydrogen (secondary N) is 1. The lowest BCUT2D eigenvalue weighted by atomic mass is 10.1. The topological polar surface area (TPSA) is 46.2 Å². The number of benzene rings is 1. The van der Waals surface area contributed by atoms with E-state index in [9.17, 15) is 22.8 Å². The Morgan fingerprint density at radius 2 is 1.81 bits per heavy atom. The fourth-order valence-corrected chi connectivity index (χ4v) is 2.10. The number of alkyl halides is 3. The first-order valence-corrected chi connectivity index (χ1v) is 4.94. The van der Waals surface area contributed by atoms with Crippen LogP contribution in [0.1, 0.15) is 20.7 Å². The van der Waals surface area contributed by atoms with Crippen LogP contribution in [0.4, 0.5) is 13.2 Å². The van der Waals surface area contributed by atoms with E-state index >= 15 is 0 Å². The number of carbonyl (C=O) groups is 2. The summed E-state index contributed by atoms with van der Waals surface area (Å²) in [4.78, 5) is 22.2. The van der Waals surface area contributed by atoms with Crippen LogP contribution in [-0.4, -0.2) is 17.3 Å². The Morgan fingerprint density at radius 1 is 1.12 bits per heavy atom. The van der Waals surface area contributed by atoms with Crippen LogP contribution in [0.15, 0.2) is 23.1 Å². The SMILES string of the molecule is O=C1NC(=O)c2c(SC(F)(F)F)cccc21. The third-order valence-corrected chi connectivity index (χ3v) is 2.74. The van der Waals surface area contributed by atoms with Crippen LogP contribution in [0, 0.1) is 0 Å². The molecule has 84 valence electrons. The van der Waals surface area contributed by atoms with Crippen LogP contribution in [0.5, 0.6) is 0 Å². The molecular weight excluding hydrogens is 243 g/mol. The van der Waals surface area contributed by atoms with Gasteiger partial charge in [0.2, 0.25) is 0 Å². The maximum Gasteiger partial charge on any atom is 0.446 e. The molecule has 0 saturated heterocycles. The Morgan fingerprint density at radius 3 is 2.44 bits per heavy atom. The van der Waals surface area contributed by atoms with Crippen LogP contribution in [-0.2, 0) is 0 Å². The lowest BCUT2D eigenvalue weighted by Gasteiger charge is -2.07. The summed E-state index contributed by atoms with van der Waals surface area (Å²) in [6.45, 7) is 0. The van der Waals surface area contributed by atoms with Crippen molar-refractivity contribution < 1.29 is 22.8 Å². The summed E-state index contributed by atoms with van der Waals surface area (Å²) in [5.74, 6) is -1.45. The highest BCUT2D eigenvalue weighted by atomic mass is 32.2. The van der Waals surface area contributed by atoms with Gasteiger partial charge in [-0.15, -0.1) is 0 Å². The summed E-state index contributed by atoms with van der Waals surface area (Å²) in [5, 5.41) is 1.95. The second kappa shape index (κ2) is 3.51. The minimum absolute atomic E-state index is 0.0146. The van der Waals surface area contributed by atoms with Crippen LogP contribution in [0.25, 0.3) is 0 Å². The average Bonchev–Trinajstić information content (AvgIpc) is 2.41. The molecule has 0 aliphatic carbocycles. The number of halogens is 3. The monoisotopic (exact) mass is 247 g/mol. The van der Waals surface area contributed by atoms with Crippen LogP contribution in [0.2, 0.25) is 0 Å². The van der Waals surface area contributed by atoms with Gasteiger partial charge in [0.15, 0.2) is 0 Å². The van der Waals surface area contributed by atoms with E-state index in [0.29, 0.717) is 0 Å². The molecule has 0 spiro atoms. The average molecular weight is 247 g/mol. The number of hydrogen-bond acceptors (Lipinski definition) is 3. The smallest absolute Gasteiger partial charge is 0.288 e. The molecule has 1 aromatic carbocycles. The van der Waals surface area contributed by atoms with Crippen molar-refractivity contribution in [2.45, 2.75) is 10.4 Å². The largest absolute Gasteiger partial charge is 0.446 e. The number of carbonyl (C=O) groups excluding carboxylic acids is 2. The molecule has 0 saturated carbocycles. The normalized spacial score (nSPS) is 14.9. The third-order valence-electron chi connectivity index (χ3n) is 1.95. The number of amides is 2. The predicted octanol–water partition coefficient (Wildman–Crippen LogP) is 2.18. The fraction of sp³-hybridized carbons (Fsp3) is 0.111. The van der Waals surface area contributed by atoms with Gasteiger partial charge in [-0.2, -0.15) is 13.2 Å². The quantitative estimate of drug-likeness (QED) is 0.611. The second-order valence-electron chi connectivity index (χ2n) is 3.01. The van der Waals surface area contributed by atoms with Gasteiger partial charge in [0.05, 0.1) is 11.1 Å². The molecule has 1 aliphatic heterocycles. The number of thioether (sulfide) groups is 1. The summed E-state index contributed by atoms with van der Waals surface area (Å²) in [6, 6.07) is 3.79. The van der Waals surface area contributed by atoms with Crippen molar-refractivity contribution in [3.05, 3.63) is 29.3 Å². The van der Waals surface area contributed by atoms with Gasteiger partial charge in [0.25, 0.3) is 11.8 Å². The van der Waals surface area contributed by atoms with Crippen molar-refractivity contribution in [3.8, 4) is 0 Å². The van der Waals surface area contributed by atoms with Gasteiger partial charge in [-0.1, -0.05) is 6.07 Å². The van der Waals surface area contributed by atoms with Crippen molar-refractivity contribution >= 4 is 23.6 Å². The van der Waals surface area contributed by atoms with Gasteiger partial charge in [-0.25, -0.2) is 0 Å². The van der Waals surface area contributed by atoms with Crippen molar-refractivity contribution in [3.63, 3.8) is 0 Å². The maximum atomic E-state index is 12.2. The van der Waals surface area contributed by atoms with Crippen molar-refractivity contribution in [1.82, 2.24) is 5.32 Å². The van der Waals surface area contributed by atoms with Gasteiger partial charge >= 0.3 is 5.51 Å². The Bertz CT molecular complexity index is 484. The highest BCUT2D eigenvalue weighted by molar-refractivity contribution is 8.00. The van der Waals surface area contributed by atoms with E-state index in [0.717, 1.165) is 6.07 Å². The zero-order valence-electron chi connectivity index (χ0n) is 7.59. The number of imide groups is 1. The molecule has 1 aromatic rings. The Labute approximate surface area is 92.0 Å². The molecule has 7 heteroatoms. The molecule has 0 aromatic heterocycles. The van der Waals surface area contributed by atoms with E-state index in [4.69, 9.17) is 0 Å². The van der Waals surface area contributed by atoms with Crippen LogP contribution < -0.4 is 5.32 Å². The molecule has 1 heterocycles. The fourth-order valence-electron chi connectivity index (χ4n) is 1.40. The Balaban J connectivity index is 2.50. The minimum Gasteiger partial charge on any atom is -0.288 e. The minimum atomic E-state index is -4.49. The van der Waals surface area contributed by atoms with Crippen molar-refractivity contribution in [2.24, 2.45) is 0 Å². The van der Waals surface area contributed by atoms with Crippen molar-refractivity contribution in [2.75, 3.05) is 0 Å². The van der Waals surface area contributed by atoms with Crippen LogP contribution >= 0.6 is 11.8 Å². The molecule has 3 nitrogen and oxygen atoms in total. The van der Waals surface area contributed by atoms with Gasteiger partial charge in [-0.3, -0.25) is 14.9 Å². The molecule has 16 heavy (non-hydrogen) atoms. The zero-order chi connectivity index (χ0) is 11.9. The first-order valence-electron chi connectivity index (χ1n) is 4.13. The lowest BCUT2D eigenvalue weighted by molar-refractivity contribution is -0.0328. The molecule has 0 atom stereocenters. The second-order valence-corrected chi connectivity index (χ2v) is 4.12. The number of hydrogen-bond donors (Lipinski definition) is 1. The van der Waals surface area contributed by atoms with E-state index in [1.54, 1.807) is 0 Å². The van der Waals surface area contributed by atoms with Gasteiger partial charge in [0.1, 0.15) is 0 Å². The van der Waals surface area contributed by atoms with Gasteiger partial charge < -0.3 is 0 Å². The highest BCUT2D eigenvalue weighted by Gasteiger charge is 2.35. The zero-order valence-corrected chi connectivity index (χ0v) is 8.41. The summed E-state index contributed by atoms with van der Waals surface area (Å²) in [6.07, 6.45) is 0. The molecule has 0 bridgehead atoms. The summed E-state index contributed by atoms with van der Waals surface area (Å²) < 4.78 is 36.5. The van der Waals surface area contributed by atoms with E-state index in [1.807, 2.05) is 5.32 Å². The van der Waals surface area contributed by atoms with E-state index in [1.165, 1.54) is 12.1 Å². The van der Waals surface area contributed by atoms with Gasteiger partial charge in [-0.05, 0) is 23.9 Å². The molecule has 0 fully saturated rings. The van der Waals surface area contributed by atoms with Gasteiger partial charge in [0, 0.05) is 4.90 Å². The van der Waals surface area contributed by atoms with Crippen molar-refractivity contribution in [1.29, 1.82) is 0 Å². The van der Waals surface area contributed by atoms with E-state index in [-0.39, 0.29) is 16.0 Å². The molecule has 2 amide bonds. The lowest BCUT2D eigenvalue weighted by Crippen LogP contribution is -2.20. The Kier molecular flexibility index (Phi) is 2.42. The molecule has 1 aliphatic rings. The first kappa shape index (κ1) is 11.0. The molecular formula is C9H4F3NO2S. The predicted molar refractivity (Wildman–Crippen MR) is 50.2 cm³/mol. The van der Waals surface area contributed by atoms with E-state index < -0.39 is 29.1 Å². The molecule has 0 radical (unpaired) electrons. The first-order chi connectivity index (χ1) is 7.38. The Hall–Kier alpha value is -1.50. The summed E-state index contributed by atoms with van der Waals surface area (Å²) in [7, 11) is 0. The van der Waals surface area contributed by atoms with E-state index in [2.05, 4.69) is 0 Å². The molecule has 1 N–H and O–H groups in total. The number of fused-ring (bicyclic) bond motifs is 1.